The van der Waals surface area contributed by atoms with Crippen molar-refractivity contribution in [2.24, 2.45) is 5.92 Å². The first-order valence-corrected chi connectivity index (χ1v) is 9.12. The highest BCUT2D eigenvalue weighted by Crippen LogP contribution is 2.44. The number of thioether (sulfide) groups is 1. The van der Waals surface area contributed by atoms with E-state index in [4.69, 9.17) is 9.47 Å². The molecule has 2 heterocycles. The second kappa shape index (κ2) is 7.51. The first-order chi connectivity index (χ1) is 10.8. The minimum atomic E-state index is 0.219. The molecule has 2 atom stereocenters. The number of ketones is 1. The second-order valence-electron chi connectivity index (χ2n) is 6.21. The van der Waals surface area contributed by atoms with Crippen molar-refractivity contribution in [2.45, 2.75) is 42.6 Å². The fraction of sp³-hybridized carbons (Fsp3) is 0.611. The molecule has 0 amide bonds. The number of hydrogen-bond acceptors (Lipinski definition) is 4. The number of hydrogen-bond donors (Lipinski definition) is 0. The third-order valence-electron chi connectivity index (χ3n) is 4.60. The van der Waals surface area contributed by atoms with Crippen LogP contribution in [0.1, 0.15) is 42.5 Å². The Balaban J connectivity index is 1.60. The van der Waals surface area contributed by atoms with Gasteiger partial charge >= 0.3 is 0 Å². The Hall–Kier alpha value is -1.00. The van der Waals surface area contributed by atoms with Gasteiger partial charge in [-0.05, 0) is 49.9 Å². The zero-order valence-corrected chi connectivity index (χ0v) is 13.9. The average molecular weight is 320 g/mol. The summed E-state index contributed by atoms with van der Waals surface area (Å²) in [7, 11) is 1.66. The monoisotopic (exact) mass is 320 g/mol. The molecule has 2 bridgehead atoms. The smallest absolute Gasteiger partial charge is 0.166 e. The van der Waals surface area contributed by atoms with Gasteiger partial charge in [-0.2, -0.15) is 11.8 Å². The Labute approximate surface area is 136 Å². The first-order valence-electron chi connectivity index (χ1n) is 8.17. The fourth-order valence-corrected chi connectivity index (χ4v) is 5.30. The van der Waals surface area contributed by atoms with Crippen LogP contribution < -0.4 is 4.74 Å². The van der Waals surface area contributed by atoms with Gasteiger partial charge in [-0.25, -0.2) is 0 Å². The maximum atomic E-state index is 12.7. The number of benzene rings is 1. The molecule has 0 aliphatic carbocycles. The standard InChI is InChI=1S/C18H24O3S/c1-20-9-10-21-15-7-5-13(6-8-15)18(19)14-11-16-3-2-4-17(12-14)22-16/h5-8,14,16-17H,2-4,9-12H2,1H3. The molecule has 2 fully saturated rings. The van der Waals surface area contributed by atoms with Crippen molar-refractivity contribution in [1.82, 2.24) is 0 Å². The number of methoxy groups -OCH3 is 1. The van der Waals surface area contributed by atoms with Gasteiger partial charge in [0, 0.05) is 29.1 Å². The first kappa shape index (κ1) is 15.9. The van der Waals surface area contributed by atoms with Crippen molar-refractivity contribution in [3.63, 3.8) is 0 Å². The van der Waals surface area contributed by atoms with Gasteiger partial charge in [0.1, 0.15) is 12.4 Å². The van der Waals surface area contributed by atoms with Crippen LogP contribution in [-0.2, 0) is 4.74 Å². The Kier molecular flexibility index (Phi) is 5.42. The summed E-state index contributed by atoms with van der Waals surface area (Å²) in [4.78, 5) is 12.7. The molecule has 0 aromatic heterocycles. The molecular formula is C18H24O3S. The van der Waals surface area contributed by atoms with Crippen LogP contribution in [-0.4, -0.2) is 36.6 Å². The number of rotatable bonds is 6. The predicted octanol–water partition coefficient (Wildman–Crippen LogP) is 3.96. The lowest BCUT2D eigenvalue weighted by Gasteiger charge is -2.37. The van der Waals surface area contributed by atoms with Crippen LogP contribution in [0.4, 0.5) is 0 Å². The summed E-state index contributed by atoms with van der Waals surface area (Å²) in [5, 5.41) is 1.41. The number of ether oxygens (including phenoxy) is 2. The van der Waals surface area contributed by atoms with Gasteiger partial charge in [0.25, 0.3) is 0 Å². The Morgan fingerprint density at radius 1 is 1.14 bits per heavy atom. The van der Waals surface area contributed by atoms with Crippen LogP contribution in [0.2, 0.25) is 0 Å². The van der Waals surface area contributed by atoms with E-state index in [1.807, 2.05) is 24.3 Å². The zero-order chi connectivity index (χ0) is 15.4. The van der Waals surface area contributed by atoms with Crippen molar-refractivity contribution >= 4 is 17.5 Å². The lowest BCUT2D eigenvalue weighted by atomic mass is 9.84. The van der Waals surface area contributed by atoms with Crippen LogP contribution in [0.25, 0.3) is 0 Å². The summed E-state index contributed by atoms with van der Waals surface area (Å²) in [5.41, 5.74) is 0.828. The third-order valence-corrected chi connectivity index (χ3v) is 6.22. The molecule has 2 aliphatic rings. The molecular weight excluding hydrogens is 296 g/mol. The highest BCUT2D eigenvalue weighted by Gasteiger charge is 2.35. The fourth-order valence-electron chi connectivity index (χ4n) is 3.47. The van der Waals surface area contributed by atoms with Gasteiger partial charge in [0.05, 0.1) is 6.61 Å². The summed E-state index contributed by atoms with van der Waals surface area (Å²) in [6, 6.07) is 7.59. The maximum absolute atomic E-state index is 12.7. The van der Waals surface area contributed by atoms with Gasteiger partial charge in [-0.15, -0.1) is 0 Å². The van der Waals surface area contributed by atoms with Gasteiger partial charge in [-0.1, -0.05) is 6.42 Å². The van der Waals surface area contributed by atoms with Gasteiger partial charge in [0.2, 0.25) is 0 Å². The number of Topliss-reactive ketones (excluding diaryl/α,β-unsaturated/α-hetero) is 1. The van der Waals surface area contributed by atoms with E-state index < -0.39 is 0 Å². The molecule has 0 saturated carbocycles. The van der Waals surface area contributed by atoms with Crippen LogP contribution in [0, 0.1) is 5.92 Å². The number of carbonyl (C=O) groups is 1. The van der Waals surface area contributed by atoms with Crippen molar-refractivity contribution in [3.8, 4) is 5.75 Å². The molecule has 0 spiro atoms. The number of carbonyl (C=O) groups excluding carboxylic acids is 1. The lowest BCUT2D eigenvalue weighted by Crippen LogP contribution is -2.32. The van der Waals surface area contributed by atoms with Crippen molar-refractivity contribution in [2.75, 3.05) is 20.3 Å². The zero-order valence-electron chi connectivity index (χ0n) is 13.1. The summed E-state index contributed by atoms with van der Waals surface area (Å²) < 4.78 is 10.5. The SMILES string of the molecule is COCCOc1ccc(C(=O)C2CC3CCCC(C2)S3)cc1. The van der Waals surface area contributed by atoms with E-state index in [0.29, 0.717) is 29.5 Å². The molecule has 2 unspecified atom stereocenters. The largest absolute Gasteiger partial charge is 0.491 e. The minimum Gasteiger partial charge on any atom is -0.491 e. The highest BCUT2D eigenvalue weighted by molar-refractivity contribution is 8.00. The quantitative estimate of drug-likeness (QED) is 0.587. The molecule has 0 N–H and O–H groups in total. The Morgan fingerprint density at radius 2 is 1.82 bits per heavy atom. The molecule has 2 saturated heterocycles. The second-order valence-corrected chi connectivity index (χ2v) is 7.81. The van der Waals surface area contributed by atoms with Gasteiger partial charge in [0.15, 0.2) is 5.78 Å². The molecule has 22 heavy (non-hydrogen) atoms. The molecule has 2 aliphatic heterocycles. The highest BCUT2D eigenvalue weighted by atomic mass is 32.2. The molecule has 1 aromatic rings. The summed E-state index contributed by atoms with van der Waals surface area (Å²) in [6.45, 7) is 1.11. The van der Waals surface area contributed by atoms with Crippen LogP contribution in [0.15, 0.2) is 24.3 Å². The maximum Gasteiger partial charge on any atom is 0.166 e. The van der Waals surface area contributed by atoms with Crippen LogP contribution >= 0.6 is 11.8 Å². The van der Waals surface area contributed by atoms with E-state index in [1.54, 1.807) is 7.11 Å². The summed E-state index contributed by atoms with van der Waals surface area (Å²) in [5.74, 6) is 1.34. The van der Waals surface area contributed by atoms with E-state index in [1.165, 1.54) is 19.3 Å². The normalized spacial score (nSPS) is 27.4. The topological polar surface area (TPSA) is 35.5 Å². The van der Waals surface area contributed by atoms with E-state index in [9.17, 15) is 4.79 Å². The summed E-state index contributed by atoms with van der Waals surface area (Å²) >= 11 is 2.12. The van der Waals surface area contributed by atoms with E-state index in [0.717, 1.165) is 24.2 Å². The van der Waals surface area contributed by atoms with Crippen molar-refractivity contribution < 1.29 is 14.3 Å². The molecule has 0 radical (unpaired) electrons. The molecule has 120 valence electrons. The van der Waals surface area contributed by atoms with E-state index >= 15 is 0 Å². The van der Waals surface area contributed by atoms with Gasteiger partial charge in [-0.3, -0.25) is 4.79 Å². The van der Waals surface area contributed by atoms with E-state index in [-0.39, 0.29) is 5.92 Å². The molecule has 1 aromatic carbocycles. The van der Waals surface area contributed by atoms with Gasteiger partial charge < -0.3 is 9.47 Å². The predicted molar refractivity (Wildman–Crippen MR) is 89.9 cm³/mol. The molecule has 3 nitrogen and oxygen atoms in total. The summed E-state index contributed by atoms with van der Waals surface area (Å²) in [6.07, 6.45) is 6.05. The average Bonchev–Trinajstić information content (AvgIpc) is 2.55. The minimum absolute atomic E-state index is 0.219. The number of fused-ring (bicyclic) bond motifs is 2. The Bertz CT molecular complexity index is 488. The molecule has 3 rings (SSSR count). The van der Waals surface area contributed by atoms with Crippen LogP contribution in [0.5, 0.6) is 5.75 Å². The van der Waals surface area contributed by atoms with Crippen molar-refractivity contribution in [1.29, 1.82) is 0 Å². The third kappa shape index (κ3) is 3.85. The Morgan fingerprint density at radius 3 is 2.45 bits per heavy atom. The van der Waals surface area contributed by atoms with Crippen LogP contribution in [0.3, 0.4) is 0 Å². The molecule has 4 heteroatoms. The van der Waals surface area contributed by atoms with Crippen molar-refractivity contribution in [3.05, 3.63) is 29.8 Å². The van der Waals surface area contributed by atoms with E-state index in [2.05, 4.69) is 11.8 Å². The lowest BCUT2D eigenvalue weighted by molar-refractivity contribution is 0.0896.